The Bertz CT molecular complexity index is 368. The molecule has 0 aromatic rings. The number of primary sulfonamides is 1. The van der Waals surface area contributed by atoms with Gasteiger partial charge >= 0.3 is 12.0 Å². The summed E-state index contributed by atoms with van der Waals surface area (Å²) in [6, 6.07) is -2.20. The maximum absolute atomic E-state index is 11.1. The van der Waals surface area contributed by atoms with Crippen LogP contribution in [0.1, 0.15) is 6.42 Å². The molecule has 1 atom stereocenters. The number of carboxylic acid groups (broad SMARTS) is 1. The van der Waals surface area contributed by atoms with E-state index in [2.05, 4.69) is 5.32 Å². The van der Waals surface area contributed by atoms with Gasteiger partial charge in [-0.25, -0.2) is 23.1 Å². The van der Waals surface area contributed by atoms with E-state index in [1.165, 1.54) is 0 Å². The van der Waals surface area contributed by atoms with Crippen LogP contribution in [0.2, 0.25) is 0 Å². The van der Waals surface area contributed by atoms with Crippen LogP contribution >= 0.6 is 0 Å². The second kappa shape index (κ2) is 7.04. The lowest BCUT2D eigenvalue weighted by Crippen LogP contribution is -2.48. The van der Waals surface area contributed by atoms with E-state index in [0.29, 0.717) is 0 Å². The topological polar surface area (TPSA) is 159 Å². The van der Waals surface area contributed by atoms with Gasteiger partial charge in [0.05, 0.1) is 12.4 Å². The molecule has 0 fully saturated rings. The molecule has 0 rings (SSSR count). The summed E-state index contributed by atoms with van der Waals surface area (Å²) in [5.41, 5.74) is 0. The predicted molar refractivity (Wildman–Crippen MR) is 57.6 cm³/mol. The molecule has 0 aromatic heterocycles. The van der Waals surface area contributed by atoms with Crippen LogP contribution in [0.4, 0.5) is 4.79 Å². The largest absolute Gasteiger partial charge is 0.480 e. The molecule has 6 N–H and O–H groups in total. The van der Waals surface area contributed by atoms with Crippen LogP contribution in [0.15, 0.2) is 0 Å². The molecule has 9 nitrogen and oxygen atoms in total. The Balaban J connectivity index is 3.84. The molecule has 0 heterocycles. The lowest BCUT2D eigenvalue weighted by atomic mass is 10.3. The average molecular weight is 269 g/mol. The molecule has 0 saturated heterocycles. The van der Waals surface area contributed by atoms with Gasteiger partial charge in [-0.1, -0.05) is 0 Å². The number of nitrogens with one attached hydrogen (secondary N) is 2. The Morgan fingerprint density at radius 3 is 2.35 bits per heavy atom. The molecular weight excluding hydrogens is 254 g/mol. The van der Waals surface area contributed by atoms with Crippen molar-refractivity contribution in [1.29, 1.82) is 0 Å². The predicted octanol–water partition coefficient (Wildman–Crippen LogP) is -2.59. The number of aliphatic carboxylic acids is 1. The van der Waals surface area contributed by atoms with Gasteiger partial charge in [0.15, 0.2) is 6.04 Å². The maximum Gasteiger partial charge on any atom is 0.328 e. The van der Waals surface area contributed by atoms with Crippen LogP contribution in [0.5, 0.6) is 0 Å². The highest BCUT2D eigenvalue weighted by Crippen LogP contribution is 1.85. The van der Waals surface area contributed by atoms with E-state index in [1.54, 1.807) is 0 Å². The Labute approximate surface area is 98.0 Å². The Hall–Kier alpha value is -1.39. The zero-order valence-corrected chi connectivity index (χ0v) is 9.74. The number of rotatable bonds is 7. The fraction of sp³-hybridized carbons (Fsp3) is 0.714. The zero-order chi connectivity index (χ0) is 13.5. The molecule has 0 aromatic carbocycles. The van der Waals surface area contributed by atoms with Crippen molar-refractivity contribution in [2.45, 2.75) is 12.5 Å². The van der Waals surface area contributed by atoms with Gasteiger partial charge in [0.25, 0.3) is 0 Å². The zero-order valence-electron chi connectivity index (χ0n) is 8.92. The summed E-state index contributed by atoms with van der Waals surface area (Å²) in [6.07, 6.45) is 0.114. The lowest BCUT2D eigenvalue weighted by molar-refractivity contribution is -0.140. The third-order valence-electron chi connectivity index (χ3n) is 1.68. The molecule has 17 heavy (non-hydrogen) atoms. The third kappa shape index (κ3) is 8.42. The van der Waals surface area contributed by atoms with E-state index in [9.17, 15) is 18.0 Å². The van der Waals surface area contributed by atoms with Crippen LogP contribution in [0.25, 0.3) is 0 Å². The van der Waals surface area contributed by atoms with Crippen LogP contribution < -0.4 is 15.8 Å². The van der Waals surface area contributed by atoms with Crippen molar-refractivity contribution in [2.24, 2.45) is 5.14 Å². The molecule has 0 aliphatic carbocycles. The summed E-state index contributed by atoms with van der Waals surface area (Å²) in [5, 5.41) is 26.0. The second-order valence-corrected chi connectivity index (χ2v) is 4.93. The number of amides is 2. The van der Waals surface area contributed by atoms with Crippen molar-refractivity contribution in [1.82, 2.24) is 10.6 Å². The summed E-state index contributed by atoms with van der Waals surface area (Å²) in [6.45, 7) is -0.708. The maximum atomic E-state index is 11.1. The molecule has 2 amide bonds. The smallest absolute Gasteiger partial charge is 0.328 e. The van der Waals surface area contributed by atoms with Crippen LogP contribution in [0, 0.1) is 0 Å². The highest BCUT2D eigenvalue weighted by atomic mass is 32.2. The molecular formula is C7H15N3O6S. The molecule has 0 spiro atoms. The first-order valence-corrected chi connectivity index (χ1v) is 6.36. The summed E-state index contributed by atoms with van der Waals surface area (Å²) < 4.78 is 21.1. The van der Waals surface area contributed by atoms with E-state index >= 15 is 0 Å². The van der Waals surface area contributed by atoms with Gasteiger partial charge in [-0.05, 0) is 6.42 Å². The van der Waals surface area contributed by atoms with Gasteiger partial charge in [-0.15, -0.1) is 0 Å². The number of carbonyl (C=O) groups is 2. The number of urea groups is 1. The van der Waals surface area contributed by atoms with E-state index in [4.69, 9.17) is 15.4 Å². The summed E-state index contributed by atoms with van der Waals surface area (Å²) in [4.78, 5) is 21.5. The Kier molecular flexibility index (Phi) is 6.46. The third-order valence-corrected chi connectivity index (χ3v) is 2.53. The minimum Gasteiger partial charge on any atom is -0.480 e. The Morgan fingerprint density at radius 2 is 1.94 bits per heavy atom. The summed E-state index contributed by atoms with van der Waals surface area (Å²) in [7, 11) is -3.57. The molecule has 10 heteroatoms. The first-order valence-electron chi connectivity index (χ1n) is 4.64. The van der Waals surface area contributed by atoms with Crippen LogP contribution in [-0.4, -0.2) is 55.6 Å². The van der Waals surface area contributed by atoms with Crippen molar-refractivity contribution >= 4 is 22.0 Å². The number of hydrogen-bond acceptors (Lipinski definition) is 5. The number of carboxylic acids is 1. The first-order chi connectivity index (χ1) is 7.76. The van der Waals surface area contributed by atoms with Crippen molar-refractivity contribution in [2.75, 3.05) is 18.9 Å². The molecule has 0 bridgehead atoms. The molecule has 1 unspecified atom stereocenters. The molecule has 0 aliphatic rings. The number of hydrogen-bond donors (Lipinski definition) is 5. The normalized spacial score (nSPS) is 12.8. The number of aliphatic hydroxyl groups is 1. The van der Waals surface area contributed by atoms with Crippen LogP contribution in [0.3, 0.4) is 0 Å². The summed E-state index contributed by atoms with van der Waals surface area (Å²) in [5.74, 6) is -1.65. The first kappa shape index (κ1) is 15.6. The Morgan fingerprint density at radius 1 is 1.35 bits per heavy atom. The minimum atomic E-state index is -3.57. The van der Waals surface area contributed by atoms with Gasteiger partial charge in [-0.3, -0.25) is 0 Å². The van der Waals surface area contributed by atoms with E-state index in [0.717, 1.165) is 0 Å². The number of carbonyl (C=O) groups excluding carboxylic acids is 1. The molecule has 0 saturated carbocycles. The van der Waals surface area contributed by atoms with Crippen molar-refractivity contribution in [3.63, 3.8) is 0 Å². The van der Waals surface area contributed by atoms with Gasteiger partial charge in [0.2, 0.25) is 10.0 Å². The van der Waals surface area contributed by atoms with Gasteiger partial charge in [0.1, 0.15) is 0 Å². The fourth-order valence-electron chi connectivity index (χ4n) is 0.870. The highest BCUT2D eigenvalue weighted by molar-refractivity contribution is 7.89. The second-order valence-electron chi connectivity index (χ2n) is 3.19. The molecule has 0 radical (unpaired) electrons. The van der Waals surface area contributed by atoms with Crippen molar-refractivity contribution in [3.8, 4) is 0 Å². The summed E-state index contributed by atoms with van der Waals surface area (Å²) >= 11 is 0. The van der Waals surface area contributed by atoms with Gasteiger partial charge in [0, 0.05) is 6.54 Å². The lowest BCUT2D eigenvalue weighted by Gasteiger charge is -2.12. The number of aliphatic hydroxyl groups excluding tert-OH is 1. The highest BCUT2D eigenvalue weighted by Gasteiger charge is 2.18. The van der Waals surface area contributed by atoms with Gasteiger partial charge < -0.3 is 20.8 Å². The van der Waals surface area contributed by atoms with Crippen LogP contribution in [-0.2, 0) is 14.8 Å². The van der Waals surface area contributed by atoms with E-state index in [-0.39, 0.29) is 18.7 Å². The fourth-order valence-corrected chi connectivity index (χ4v) is 1.42. The average Bonchev–Trinajstić information content (AvgIpc) is 2.19. The van der Waals surface area contributed by atoms with Crippen molar-refractivity contribution in [3.05, 3.63) is 0 Å². The van der Waals surface area contributed by atoms with E-state index in [1.807, 2.05) is 5.32 Å². The minimum absolute atomic E-state index is 0.0278. The standard InChI is InChI=1S/C7H15N3O6S/c8-17(15,16)3-1-2-9-7(14)10-5(4-11)6(12)13/h5,11H,1-4H2,(H,12,13)(H2,8,15,16)(H2,9,10,14). The number of sulfonamides is 1. The quantitative estimate of drug-likeness (QED) is 0.319. The van der Waals surface area contributed by atoms with E-state index < -0.39 is 34.7 Å². The molecule has 0 aliphatic heterocycles. The monoisotopic (exact) mass is 269 g/mol. The van der Waals surface area contributed by atoms with Crippen molar-refractivity contribution < 1.29 is 28.2 Å². The molecule has 100 valence electrons. The number of nitrogens with two attached hydrogens (primary N) is 1. The van der Waals surface area contributed by atoms with Gasteiger partial charge in [-0.2, -0.15) is 0 Å². The SMILES string of the molecule is NS(=O)(=O)CCCNC(=O)NC(CO)C(=O)O.